The zero-order valence-corrected chi connectivity index (χ0v) is 29.3. The Morgan fingerprint density at radius 2 is 1.84 bits per heavy atom. The van der Waals surface area contributed by atoms with Gasteiger partial charge >= 0.3 is 11.9 Å². The van der Waals surface area contributed by atoms with Crippen molar-refractivity contribution in [3.63, 3.8) is 0 Å². The van der Waals surface area contributed by atoms with E-state index < -0.39 is 46.2 Å². The number of hydrogen-bond donors (Lipinski definition) is 2. The van der Waals surface area contributed by atoms with Gasteiger partial charge in [-0.3, -0.25) is 14.4 Å². The number of aliphatic hydroxyl groups excluding tert-OH is 1. The van der Waals surface area contributed by atoms with E-state index in [0.29, 0.717) is 29.1 Å². The van der Waals surface area contributed by atoms with Crippen LogP contribution in [0.4, 0.5) is 0 Å². The largest absolute Gasteiger partial charge is 0.497 e. The molecule has 13 atom stereocenters. The van der Waals surface area contributed by atoms with Crippen molar-refractivity contribution >= 4 is 17.7 Å². The zero-order chi connectivity index (χ0) is 35.3. The number of esters is 2. The van der Waals surface area contributed by atoms with Gasteiger partial charge in [0.25, 0.3) is 0 Å². The number of benzene rings is 1. The van der Waals surface area contributed by atoms with Crippen molar-refractivity contribution in [1.82, 2.24) is 0 Å². The van der Waals surface area contributed by atoms with Gasteiger partial charge in [-0.1, -0.05) is 69.0 Å². The van der Waals surface area contributed by atoms with Gasteiger partial charge < -0.3 is 24.4 Å². The molecule has 2 N–H and O–H groups in total. The number of carbonyl (C=O) groups is 3. The number of hydrogen-bond acceptors (Lipinski definition) is 8. The van der Waals surface area contributed by atoms with E-state index in [0.717, 1.165) is 17.7 Å². The highest BCUT2D eigenvalue weighted by atomic mass is 16.6. The van der Waals surface area contributed by atoms with Crippen molar-refractivity contribution < 1.29 is 38.8 Å². The van der Waals surface area contributed by atoms with Crippen molar-refractivity contribution in [3.8, 4) is 5.75 Å². The molecule has 0 radical (unpaired) electrons. The third-order valence-corrected chi connectivity index (χ3v) is 13.9. The third kappa shape index (κ3) is 4.52. The Hall–Kier alpha value is -3.75. The van der Waals surface area contributed by atoms with Crippen LogP contribution in [0.3, 0.4) is 0 Å². The molecule has 6 aliphatic carbocycles. The number of Topliss-reactive ketones (excluding diaryl/α,β-unsaturated/α-hetero) is 1. The Morgan fingerprint density at radius 3 is 2.54 bits per heavy atom. The zero-order valence-electron chi connectivity index (χ0n) is 29.3. The summed E-state index contributed by atoms with van der Waals surface area (Å²) in [5.41, 5.74) is -0.558. The van der Waals surface area contributed by atoms with E-state index in [4.69, 9.17) is 14.2 Å². The van der Waals surface area contributed by atoms with Crippen molar-refractivity contribution in [3.05, 3.63) is 89.6 Å². The van der Waals surface area contributed by atoms with Gasteiger partial charge in [-0.05, 0) is 77.9 Å². The SMILES string of the molecule is C=C1CC23OC(=O)CC=CC4C(C(=O)OCC2(C)C3C2C=C(CO)CC3C(=O)C(C)=CC3C12O)C(c1ccc(OC)cc1)C1C(C=CCC)C41. The molecule has 264 valence electrons. The molecule has 1 aliphatic heterocycles. The number of carbonyl (C=O) groups excluding carboxylic acids is 3. The minimum Gasteiger partial charge on any atom is -0.497 e. The first-order valence-corrected chi connectivity index (χ1v) is 18.2. The molecular formula is C42H48O8. The monoisotopic (exact) mass is 680 g/mol. The average molecular weight is 681 g/mol. The number of ether oxygens (including phenoxy) is 3. The lowest BCUT2D eigenvalue weighted by Gasteiger charge is -2.46. The normalized spacial score (nSPS) is 44.4. The maximum absolute atomic E-state index is 14.5. The van der Waals surface area contributed by atoms with E-state index in [1.807, 2.05) is 43.4 Å². The molecule has 8 nitrogen and oxygen atoms in total. The molecule has 8 heteroatoms. The molecule has 13 unspecified atom stereocenters. The summed E-state index contributed by atoms with van der Waals surface area (Å²) >= 11 is 0. The second kappa shape index (κ2) is 11.6. The van der Waals surface area contributed by atoms with Gasteiger partial charge in [0.05, 0.1) is 31.7 Å². The van der Waals surface area contributed by atoms with Gasteiger partial charge in [-0.15, -0.1) is 0 Å². The predicted octanol–water partition coefficient (Wildman–Crippen LogP) is 5.67. The molecule has 1 spiro atoms. The standard InChI is InChI=1S/C42H48O8/c1-6-7-9-27-34-28-10-8-11-32(44)50-41-19-23(3)42(47)30-16-22(2)37(45)29(30)17-24(20-43)18-31(42)38(41)40(41,4)21-49-39(46)36(28)33(35(27)34)25-12-14-26(48-5)15-13-25/h7-10,12-16,18,27-31,33-36,38,43,47H,3,6,11,17,19-21H2,1-2,4-5H3. The third-order valence-electron chi connectivity index (χ3n) is 13.9. The molecule has 4 saturated carbocycles. The summed E-state index contributed by atoms with van der Waals surface area (Å²) in [6, 6.07) is 7.99. The molecule has 0 amide bonds. The van der Waals surface area contributed by atoms with Crippen LogP contribution in [-0.4, -0.2) is 59.5 Å². The molecule has 1 heterocycles. The Labute approximate surface area is 293 Å². The van der Waals surface area contributed by atoms with Crippen LogP contribution < -0.4 is 4.74 Å². The Bertz CT molecular complexity index is 1770. The fourth-order valence-electron chi connectivity index (χ4n) is 11.5. The lowest BCUT2D eigenvalue weighted by Crippen LogP contribution is -2.53. The molecule has 0 aromatic heterocycles. The maximum Gasteiger partial charge on any atom is 0.310 e. The Kier molecular flexibility index (Phi) is 7.77. The van der Waals surface area contributed by atoms with Crippen LogP contribution in [0.5, 0.6) is 5.75 Å². The van der Waals surface area contributed by atoms with Gasteiger partial charge in [-0.2, -0.15) is 0 Å². The summed E-state index contributed by atoms with van der Waals surface area (Å²) < 4.78 is 18.3. The van der Waals surface area contributed by atoms with Gasteiger partial charge in [0.2, 0.25) is 0 Å². The summed E-state index contributed by atoms with van der Waals surface area (Å²) in [5.74, 6) is -1.71. The van der Waals surface area contributed by atoms with E-state index in [-0.39, 0.29) is 67.4 Å². The molecule has 0 saturated heterocycles. The maximum atomic E-state index is 14.5. The molecule has 1 aromatic carbocycles. The summed E-state index contributed by atoms with van der Waals surface area (Å²) in [7, 11) is 1.64. The molecule has 8 rings (SSSR count). The number of allylic oxidation sites excluding steroid dienone is 4. The average Bonchev–Trinajstić information content (AvgIpc) is 3.84. The van der Waals surface area contributed by atoms with E-state index in [1.54, 1.807) is 14.0 Å². The minimum atomic E-state index is -1.50. The summed E-state index contributed by atoms with van der Waals surface area (Å²) in [6.07, 6.45) is 13.7. The van der Waals surface area contributed by atoms with E-state index >= 15 is 0 Å². The lowest BCUT2D eigenvalue weighted by molar-refractivity contribution is -0.159. The topological polar surface area (TPSA) is 119 Å². The van der Waals surface area contributed by atoms with Crippen LogP contribution in [0, 0.1) is 58.7 Å². The van der Waals surface area contributed by atoms with Crippen LogP contribution in [-0.2, 0) is 23.9 Å². The first-order chi connectivity index (χ1) is 23.9. The van der Waals surface area contributed by atoms with Crippen LogP contribution in [0.25, 0.3) is 0 Å². The van der Waals surface area contributed by atoms with Gasteiger partial charge in [0.15, 0.2) is 5.78 Å². The van der Waals surface area contributed by atoms with Crippen LogP contribution in [0.2, 0.25) is 0 Å². The molecule has 50 heavy (non-hydrogen) atoms. The predicted molar refractivity (Wildman–Crippen MR) is 185 cm³/mol. The number of fused-ring (bicyclic) bond motifs is 8. The fraction of sp³-hybridized carbons (Fsp3) is 0.548. The number of ketones is 1. The first-order valence-electron chi connectivity index (χ1n) is 18.2. The molecule has 0 bridgehead atoms. The number of methoxy groups -OCH3 is 1. The van der Waals surface area contributed by atoms with E-state index in [9.17, 15) is 24.6 Å². The van der Waals surface area contributed by atoms with Crippen LogP contribution in [0.15, 0.2) is 84.0 Å². The summed E-state index contributed by atoms with van der Waals surface area (Å²) in [4.78, 5) is 41.5. The Balaban J connectivity index is 1.17. The van der Waals surface area contributed by atoms with Crippen molar-refractivity contribution in [2.75, 3.05) is 20.3 Å². The fourth-order valence-corrected chi connectivity index (χ4v) is 11.5. The molecule has 1 aromatic rings. The van der Waals surface area contributed by atoms with Gasteiger partial charge in [0.1, 0.15) is 18.0 Å². The van der Waals surface area contributed by atoms with E-state index in [2.05, 4.69) is 37.8 Å². The number of rotatable bonds is 5. The van der Waals surface area contributed by atoms with Crippen LogP contribution >= 0.6 is 0 Å². The lowest BCUT2D eigenvalue weighted by atomic mass is 9.63. The molecular weight excluding hydrogens is 632 g/mol. The number of aliphatic hydroxyl groups is 2. The van der Waals surface area contributed by atoms with E-state index in [1.165, 1.54) is 0 Å². The smallest absolute Gasteiger partial charge is 0.310 e. The summed E-state index contributed by atoms with van der Waals surface area (Å²) in [6.45, 7) is 9.99. The highest BCUT2D eigenvalue weighted by Crippen LogP contribution is 2.77. The van der Waals surface area contributed by atoms with Crippen molar-refractivity contribution in [2.24, 2.45) is 58.7 Å². The van der Waals surface area contributed by atoms with Crippen molar-refractivity contribution in [1.29, 1.82) is 0 Å². The molecule has 7 aliphatic rings. The van der Waals surface area contributed by atoms with Crippen LogP contribution in [0.1, 0.15) is 57.9 Å². The summed E-state index contributed by atoms with van der Waals surface area (Å²) in [5, 5.41) is 23.1. The number of cyclic esters (lactones) is 1. The second-order valence-corrected chi connectivity index (χ2v) is 16.1. The highest BCUT2D eigenvalue weighted by Gasteiger charge is 2.84. The quantitative estimate of drug-likeness (QED) is 0.302. The van der Waals surface area contributed by atoms with Gasteiger partial charge in [-0.25, -0.2) is 0 Å². The molecule has 4 fully saturated rings. The second-order valence-electron chi connectivity index (χ2n) is 16.1. The van der Waals surface area contributed by atoms with Gasteiger partial charge in [0, 0.05) is 41.4 Å². The highest BCUT2D eigenvalue weighted by molar-refractivity contribution is 6.00. The minimum absolute atomic E-state index is 0.00456. The first kappa shape index (κ1) is 33.4. The van der Waals surface area contributed by atoms with Crippen molar-refractivity contribution in [2.45, 2.75) is 63.6 Å². The Morgan fingerprint density at radius 1 is 1.08 bits per heavy atom.